The molecule has 0 bridgehead atoms. The van der Waals surface area contributed by atoms with Gasteiger partial charge in [-0.05, 0) is 31.9 Å². The summed E-state index contributed by atoms with van der Waals surface area (Å²) in [6, 6.07) is 8.73. The number of amides is 2. The second-order valence-electron chi connectivity index (χ2n) is 6.77. The first kappa shape index (κ1) is 18.7. The van der Waals surface area contributed by atoms with Gasteiger partial charge in [0.05, 0.1) is 6.54 Å². The summed E-state index contributed by atoms with van der Waals surface area (Å²) in [7, 11) is 0. The van der Waals surface area contributed by atoms with Crippen LogP contribution in [0.25, 0.3) is 0 Å². The van der Waals surface area contributed by atoms with E-state index in [0.29, 0.717) is 30.9 Å². The number of carboxylic acids is 1. The van der Waals surface area contributed by atoms with Crippen molar-refractivity contribution < 1.29 is 23.9 Å². The van der Waals surface area contributed by atoms with E-state index >= 15 is 0 Å². The molecule has 142 valence electrons. The average molecular weight is 370 g/mol. The Morgan fingerprint density at radius 2 is 1.96 bits per heavy atom. The molecule has 2 aromatic rings. The molecule has 1 aliphatic heterocycles. The van der Waals surface area contributed by atoms with Gasteiger partial charge in [0, 0.05) is 13.0 Å². The number of carbonyl (C=O) groups excluding carboxylic acids is 2. The van der Waals surface area contributed by atoms with Crippen molar-refractivity contribution in [2.45, 2.75) is 45.8 Å². The van der Waals surface area contributed by atoms with Crippen LogP contribution in [0.3, 0.4) is 0 Å². The normalized spacial score (nSPS) is 16.6. The first-order valence-corrected chi connectivity index (χ1v) is 8.80. The number of benzene rings is 1. The molecule has 27 heavy (non-hydrogen) atoms. The van der Waals surface area contributed by atoms with Crippen molar-refractivity contribution in [2.24, 2.45) is 0 Å². The van der Waals surface area contributed by atoms with Crippen molar-refractivity contribution in [3.63, 3.8) is 0 Å². The maximum absolute atomic E-state index is 12.6. The average Bonchev–Trinajstić information content (AvgIpc) is 3.18. The van der Waals surface area contributed by atoms with Crippen LogP contribution in [-0.2, 0) is 22.7 Å². The Labute approximate surface area is 157 Å². The lowest BCUT2D eigenvalue weighted by Gasteiger charge is -2.24. The minimum absolute atomic E-state index is 0.0438. The summed E-state index contributed by atoms with van der Waals surface area (Å²) in [4.78, 5) is 37.5. The lowest BCUT2D eigenvalue weighted by molar-refractivity contribution is -0.135. The number of carboxylic acid groups (broad SMARTS) is 1. The first-order chi connectivity index (χ1) is 12.8. The van der Waals surface area contributed by atoms with Crippen molar-refractivity contribution >= 4 is 17.8 Å². The third-order valence-electron chi connectivity index (χ3n) is 4.74. The minimum Gasteiger partial charge on any atom is -0.478 e. The van der Waals surface area contributed by atoms with E-state index in [1.54, 1.807) is 11.8 Å². The summed E-state index contributed by atoms with van der Waals surface area (Å²) in [5, 5.41) is 11.8. The summed E-state index contributed by atoms with van der Waals surface area (Å²) < 4.78 is 5.37. The SMILES string of the molecule is Cc1ccc(CN2C(=O)CCC2C(=O)NCc2cc(C(=O)O)c(C)o2)cc1. The molecule has 7 heteroatoms. The van der Waals surface area contributed by atoms with Crippen molar-refractivity contribution in [1.82, 2.24) is 10.2 Å². The Kier molecular flexibility index (Phi) is 5.30. The van der Waals surface area contributed by atoms with Gasteiger partial charge in [0.2, 0.25) is 11.8 Å². The molecular weight excluding hydrogens is 348 g/mol. The number of furan rings is 1. The maximum atomic E-state index is 12.6. The van der Waals surface area contributed by atoms with E-state index in [1.807, 2.05) is 31.2 Å². The van der Waals surface area contributed by atoms with E-state index < -0.39 is 12.0 Å². The number of hydrogen-bond acceptors (Lipinski definition) is 4. The molecule has 0 saturated carbocycles. The molecule has 2 N–H and O–H groups in total. The Bertz CT molecular complexity index is 869. The third kappa shape index (κ3) is 4.19. The standard InChI is InChI=1S/C20H22N2O5/c1-12-3-5-14(6-4-12)11-22-17(7-8-18(22)23)19(24)21-10-15-9-16(20(25)26)13(2)27-15/h3-6,9,17H,7-8,10-11H2,1-2H3,(H,21,24)(H,25,26). The van der Waals surface area contributed by atoms with E-state index in [4.69, 9.17) is 9.52 Å². The summed E-state index contributed by atoms with van der Waals surface area (Å²) in [5.74, 6) is -0.715. The molecule has 7 nitrogen and oxygen atoms in total. The van der Waals surface area contributed by atoms with Crippen LogP contribution in [-0.4, -0.2) is 33.8 Å². The van der Waals surface area contributed by atoms with Gasteiger partial charge in [-0.3, -0.25) is 9.59 Å². The van der Waals surface area contributed by atoms with Gasteiger partial charge in [-0.15, -0.1) is 0 Å². The molecular formula is C20H22N2O5. The Morgan fingerprint density at radius 1 is 1.26 bits per heavy atom. The van der Waals surface area contributed by atoms with Gasteiger partial charge in [0.15, 0.2) is 0 Å². The fourth-order valence-electron chi connectivity index (χ4n) is 3.23. The molecule has 2 heterocycles. The van der Waals surface area contributed by atoms with Gasteiger partial charge in [0.1, 0.15) is 23.1 Å². The zero-order chi connectivity index (χ0) is 19.6. The molecule has 0 radical (unpaired) electrons. The lowest BCUT2D eigenvalue weighted by atomic mass is 10.1. The number of hydrogen-bond donors (Lipinski definition) is 2. The van der Waals surface area contributed by atoms with Crippen molar-refractivity contribution in [3.05, 3.63) is 58.5 Å². The van der Waals surface area contributed by atoms with Gasteiger partial charge in [-0.1, -0.05) is 29.8 Å². The number of aryl methyl sites for hydroxylation is 2. The van der Waals surface area contributed by atoms with Gasteiger partial charge in [0.25, 0.3) is 0 Å². The van der Waals surface area contributed by atoms with Crippen LogP contribution in [0.15, 0.2) is 34.7 Å². The predicted octanol–water partition coefficient (Wildman–Crippen LogP) is 2.40. The molecule has 0 spiro atoms. The summed E-state index contributed by atoms with van der Waals surface area (Å²) in [6.07, 6.45) is 0.807. The number of nitrogens with one attached hydrogen (secondary N) is 1. The number of carbonyl (C=O) groups is 3. The van der Waals surface area contributed by atoms with Crippen molar-refractivity contribution in [2.75, 3.05) is 0 Å². The second kappa shape index (κ2) is 7.65. The van der Waals surface area contributed by atoms with Crippen LogP contribution in [0.2, 0.25) is 0 Å². The lowest BCUT2D eigenvalue weighted by Crippen LogP contribution is -2.44. The van der Waals surface area contributed by atoms with Gasteiger partial charge >= 0.3 is 5.97 Å². The molecule has 3 rings (SSSR count). The van der Waals surface area contributed by atoms with Crippen LogP contribution in [0, 0.1) is 13.8 Å². The van der Waals surface area contributed by atoms with Crippen LogP contribution in [0.1, 0.15) is 45.8 Å². The fourth-order valence-corrected chi connectivity index (χ4v) is 3.23. The number of aromatic carboxylic acids is 1. The van der Waals surface area contributed by atoms with Crippen LogP contribution in [0.4, 0.5) is 0 Å². The van der Waals surface area contributed by atoms with E-state index in [9.17, 15) is 14.4 Å². The highest BCUT2D eigenvalue weighted by Gasteiger charge is 2.35. The molecule has 1 fully saturated rings. The van der Waals surface area contributed by atoms with Gasteiger partial charge < -0.3 is 19.7 Å². The maximum Gasteiger partial charge on any atom is 0.339 e. The predicted molar refractivity (Wildman–Crippen MR) is 97.0 cm³/mol. The largest absolute Gasteiger partial charge is 0.478 e. The summed E-state index contributed by atoms with van der Waals surface area (Å²) in [6.45, 7) is 4.02. The molecule has 1 unspecified atom stereocenters. The van der Waals surface area contributed by atoms with E-state index in [0.717, 1.165) is 11.1 Å². The van der Waals surface area contributed by atoms with Crippen LogP contribution in [0.5, 0.6) is 0 Å². The van der Waals surface area contributed by atoms with E-state index in [1.165, 1.54) is 6.07 Å². The number of rotatable bonds is 6. The van der Waals surface area contributed by atoms with Gasteiger partial charge in [-0.25, -0.2) is 4.79 Å². The monoisotopic (exact) mass is 370 g/mol. The molecule has 2 amide bonds. The highest BCUT2D eigenvalue weighted by molar-refractivity contribution is 5.91. The van der Waals surface area contributed by atoms with E-state index in [-0.39, 0.29) is 23.9 Å². The highest BCUT2D eigenvalue weighted by atomic mass is 16.4. The molecule has 1 aromatic carbocycles. The fraction of sp³-hybridized carbons (Fsp3) is 0.350. The highest BCUT2D eigenvalue weighted by Crippen LogP contribution is 2.22. The minimum atomic E-state index is -1.07. The zero-order valence-electron chi connectivity index (χ0n) is 15.3. The molecule has 1 saturated heterocycles. The van der Waals surface area contributed by atoms with Gasteiger partial charge in [-0.2, -0.15) is 0 Å². The Hall–Kier alpha value is -3.09. The third-order valence-corrected chi connectivity index (χ3v) is 4.74. The van der Waals surface area contributed by atoms with Crippen molar-refractivity contribution in [3.8, 4) is 0 Å². The quantitative estimate of drug-likeness (QED) is 0.813. The summed E-state index contributed by atoms with van der Waals surface area (Å²) >= 11 is 0. The molecule has 1 atom stereocenters. The van der Waals surface area contributed by atoms with Crippen LogP contribution >= 0.6 is 0 Å². The first-order valence-electron chi connectivity index (χ1n) is 8.80. The smallest absolute Gasteiger partial charge is 0.339 e. The van der Waals surface area contributed by atoms with E-state index in [2.05, 4.69) is 5.32 Å². The summed E-state index contributed by atoms with van der Waals surface area (Å²) in [5.41, 5.74) is 2.19. The Morgan fingerprint density at radius 3 is 2.59 bits per heavy atom. The molecule has 0 aliphatic carbocycles. The number of likely N-dealkylation sites (tertiary alicyclic amines) is 1. The molecule has 1 aliphatic rings. The second-order valence-corrected chi connectivity index (χ2v) is 6.77. The Balaban J connectivity index is 1.64. The van der Waals surface area contributed by atoms with Crippen LogP contribution < -0.4 is 5.32 Å². The zero-order valence-corrected chi connectivity index (χ0v) is 15.3. The topological polar surface area (TPSA) is 99.9 Å². The molecule has 1 aromatic heterocycles. The van der Waals surface area contributed by atoms with Crippen molar-refractivity contribution in [1.29, 1.82) is 0 Å². The number of nitrogens with zero attached hydrogens (tertiary/aromatic N) is 1.